The van der Waals surface area contributed by atoms with Crippen LogP contribution in [0.5, 0.6) is 0 Å². The van der Waals surface area contributed by atoms with E-state index < -0.39 is 35.5 Å². The first-order valence-corrected chi connectivity index (χ1v) is 10.6. The zero-order valence-electron chi connectivity index (χ0n) is 17.4. The number of aliphatic hydroxyl groups excluding tert-OH is 1. The number of alkyl halides is 3. The van der Waals surface area contributed by atoms with Crippen molar-refractivity contribution in [3.8, 4) is 0 Å². The number of aliphatic carboxylic acids is 1. The van der Waals surface area contributed by atoms with Crippen LogP contribution in [-0.4, -0.2) is 33.1 Å². The molecule has 1 fully saturated rings. The SMILES string of the molecule is CCC=CCC[C@](O)(C(=O)O)[C@@H]1CC[C@@H](/C(O)=C\CC(CCCC)C(F)(F)F)C1. The summed E-state index contributed by atoms with van der Waals surface area (Å²) in [5, 5.41) is 30.6. The summed E-state index contributed by atoms with van der Waals surface area (Å²) in [6.07, 6.45) is 4.05. The molecule has 0 aromatic rings. The van der Waals surface area contributed by atoms with Crippen LogP contribution in [-0.2, 0) is 4.79 Å². The number of halogens is 3. The first-order chi connectivity index (χ1) is 13.6. The molecule has 0 saturated heterocycles. The fraction of sp³-hybridized carbons (Fsp3) is 0.773. The number of aliphatic hydroxyl groups is 2. The van der Waals surface area contributed by atoms with Crippen molar-refractivity contribution in [1.29, 1.82) is 0 Å². The molecule has 4 atom stereocenters. The van der Waals surface area contributed by atoms with E-state index in [4.69, 9.17) is 0 Å². The molecule has 7 heteroatoms. The van der Waals surface area contributed by atoms with E-state index in [0.29, 0.717) is 32.1 Å². The summed E-state index contributed by atoms with van der Waals surface area (Å²) in [4.78, 5) is 11.7. The molecule has 29 heavy (non-hydrogen) atoms. The zero-order chi connectivity index (χ0) is 22.1. The third kappa shape index (κ3) is 7.68. The van der Waals surface area contributed by atoms with Gasteiger partial charge in [0.25, 0.3) is 0 Å². The van der Waals surface area contributed by atoms with E-state index in [1.54, 1.807) is 0 Å². The highest BCUT2D eigenvalue weighted by molar-refractivity contribution is 5.77. The lowest BCUT2D eigenvalue weighted by molar-refractivity contribution is -0.175. The molecule has 168 valence electrons. The maximum absolute atomic E-state index is 13.1. The van der Waals surface area contributed by atoms with Crippen molar-refractivity contribution in [2.75, 3.05) is 0 Å². The van der Waals surface area contributed by atoms with Gasteiger partial charge in [-0.05, 0) is 63.4 Å². The molecule has 0 aromatic heterocycles. The average molecular weight is 421 g/mol. The maximum Gasteiger partial charge on any atom is 0.392 e. The van der Waals surface area contributed by atoms with Crippen molar-refractivity contribution < 1.29 is 33.3 Å². The van der Waals surface area contributed by atoms with Gasteiger partial charge in [-0.1, -0.05) is 38.8 Å². The van der Waals surface area contributed by atoms with Gasteiger partial charge in [0.1, 0.15) is 0 Å². The Morgan fingerprint density at radius 3 is 2.41 bits per heavy atom. The number of hydrogen-bond donors (Lipinski definition) is 3. The number of carbonyl (C=O) groups is 1. The van der Waals surface area contributed by atoms with Gasteiger partial charge in [0.2, 0.25) is 0 Å². The molecular weight excluding hydrogens is 385 g/mol. The van der Waals surface area contributed by atoms with Crippen LogP contribution < -0.4 is 0 Å². The van der Waals surface area contributed by atoms with Crippen LogP contribution in [0.1, 0.15) is 78.1 Å². The van der Waals surface area contributed by atoms with Gasteiger partial charge in [0, 0.05) is 5.92 Å². The molecule has 3 N–H and O–H groups in total. The molecule has 0 radical (unpaired) electrons. The Kier molecular flexibility index (Phi) is 10.2. The smallest absolute Gasteiger partial charge is 0.392 e. The third-order valence-electron chi connectivity index (χ3n) is 5.97. The third-order valence-corrected chi connectivity index (χ3v) is 5.97. The first-order valence-electron chi connectivity index (χ1n) is 10.6. The highest BCUT2D eigenvalue weighted by Crippen LogP contribution is 2.43. The fourth-order valence-electron chi connectivity index (χ4n) is 4.05. The first kappa shape index (κ1) is 25.5. The summed E-state index contributed by atoms with van der Waals surface area (Å²) >= 11 is 0. The Balaban J connectivity index is 2.76. The number of carboxylic acids is 1. The van der Waals surface area contributed by atoms with Gasteiger partial charge in [-0.2, -0.15) is 13.2 Å². The summed E-state index contributed by atoms with van der Waals surface area (Å²) in [7, 11) is 0. The van der Waals surface area contributed by atoms with E-state index in [1.165, 1.54) is 6.08 Å². The van der Waals surface area contributed by atoms with Crippen LogP contribution in [0.2, 0.25) is 0 Å². The highest BCUT2D eigenvalue weighted by Gasteiger charge is 2.47. The van der Waals surface area contributed by atoms with E-state index in [0.717, 1.165) is 6.42 Å². The minimum absolute atomic E-state index is 0.0289. The Morgan fingerprint density at radius 2 is 1.86 bits per heavy atom. The van der Waals surface area contributed by atoms with E-state index in [9.17, 15) is 33.3 Å². The van der Waals surface area contributed by atoms with Gasteiger partial charge < -0.3 is 15.3 Å². The van der Waals surface area contributed by atoms with Crippen molar-refractivity contribution in [2.24, 2.45) is 17.8 Å². The topological polar surface area (TPSA) is 77.8 Å². The fourth-order valence-corrected chi connectivity index (χ4v) is 4.05. The lowest BCUT2D eigenvalue weighted by Crippen LogP contribution is -2.45. The predicted molar refractivity (Wildman–Crippen MR) is 106 cm³/mol. The number of carboxylic acid groups (broad SMARTS) is 1. The van der Waals surface area contributed by atoms with Crippen molar-refractivity contribution in [3.05, 3.63) is 24.0 Å². The molecule has 0 spiro atoms. The molecular formula is C22H35F3O4. The number of rotatable bonds is 12. The molecule has 4 nitrogen and oxygen atoms in total. The molecule has 1 saturated carbocycles. The predicted octanol–water partition coefficient (Wildman–Crippen LogP) is 6.17. The van der Waals surface area contributed by atoms with Crippen molar-refractivity contribution in [2.45, 2.75) is 89.8 Å². The van der Waals surface area contributed by atoms with E-state index in [-0.39, 0.29) is 31.4 Å². The summed E-state index contributed by atoms with van der Waals surface area (Å²) < 4.78 is 39.4. The van der Waals surface area contributed by atoms with Gasteiger partial charge in [0.15, 0.2) is 5.60 Å². The molecule has 1 aliphatic rings. The summed E-state index contributed by atoms with van der Waals surface area (Å²) in [6, 6.07) is 0. The molecule has 1 rings (SSSR count). The van der Waals surface area contributed by atoms with Gasteiger partial charge >= 0.3 is 12.1 Å². The maximum atomic E-state index is 13.1. The van der Waals surface area contributed by atoms with Gasteiger partial charge in [-0.3, -0.25) is 0 Å². The van der Waals surface area contributed by atoms with E-state index in [1.807, 2.05) is 26.0 Å². The largest absolute Gasteiger partial charge is 0.512 e. The molecule has 0 aliphatic heterocycles. The molecule has 0 amide bonds. The normalized spacial score (nSPS) is 24.0. The summed E-state index contributed by atoms with van der Waals surface area (Å²) in [6.45, 7) is 3.79. The Hall–Kier alpha value is -1.50. The molecule has 1 unspecified atom stereocenters. The van der Waals surface area contributed by atoms with Crippen LogP contribution in [0.25, 0.3) is 0 Å². The van der Waals surface area contributed by atoms with Crippen LogP contribution in [0, 0.1) is 17.8 Å². The van der Waals surface area contributed by atoms with E-state index in [2.05, 4.69) is 0 Å². The Morgan fingerprint density at radius 1 is 1.17 bits per heavy atom. The second-order valence-electron chi connectivity index (χ2n) is 8.10. The van der Waals surface area contributed by atoms with Gasteiger partial charge in [-0.25, -0.2) is 4.79 Å². The minimum Gasteiger partial charge on any atom is -0.512 e. The minimum atomic E-state index is -4.31. The monoisotopic (exact) mass is 420 g/mol. The van der Waals surface area contributed by atoms with E-state index >= 15 is 0 Å². The number of unbranched alkanes of at least 4 members (excludes halogenated alkanes) is 1. The Bertz CT molecular complexity index is 571. The van der Waals surface area contributed by atoms with Crippen molar-refractivity contribution in [3.63, 3.8) is 0 Å². The average Bonchev–Trinajstić information content (AvgIpc) is 3.14. The van der Waals surface area contributed by atoms with Crippen molar-refractivity contribution in [1.82, 2.24) is 0 Å². The molecule has 0 bridgehead atoms. The van der Waals surface area contributed by atoms with Gasteiger partial charge in [0.05, 0.1) is 11.7 Å². The van der Waals surface area contributed by atoms with Crippen LogP contribution in [0.4, 0.5) is 13.2 Å². The lowest BCUT2D eigenvalue weighted by atomic mass is 9.81. The number of allylic oxidation sites excluding steroid dienone is 4. The van der Waals surface area contributed by atoms with Crippen LogP contribution in [0.15, 0.2) is 24.0 Å². The Labute approximate surface area is 171 Å². The molecule has 1 aliphatic carbocycles. The number of hydrogen-bond acceptors (Lipinski definition) is 3. The zero-order valence-corrected chi connectivity index (χ0v) is 17.4. The van der Waals surface area contributed by atoms with Crippen molar-refractivity contribution >= 4 is 5.97 Å². The second kappa shape index (κ2) is 11.6. The van der Waals surface area contributed by atoms with Crippen LogP contribution in [0.3, 0.4) is 0 Å². The summed E-state index contributed by atoms with van der Waals surface area (Å²) in [5.41, 5.74) is -1.89. The second-order valence-corrected chi connectivity index (χ2v) is 8.10. The molecule has 0 aromatic carbocycles. The molecule has 0 heterocycles. The lowest BCUT2D eigenvalue weighted by Gasteiger charge is -2.29. The quantitative estimate of drug-likeness (QED) is 0.261. The standard InChI is InChI=1S/C22H35F3O4/c1-3-5-7-8-14-21(29,20(27)28)18-11-10-16(15-18)19(26)13-12-17(9-6-4-2)22(23,24)25/h5,7,13,16-18,26,29H,3-4,6,8-12,14-15H2,1-2H3,(H,27,28)/b7-5?,19-13+/t16-,17?,18-,21-/m1/s1. The summed E-state index contributed by atoms with van der Waals surface area (Å²) in [5.74, 6) is -3.82. The van der Waals surface area contributed by atoms with Crippen LogP contribution >= 0.6 is 0 Å². The van der Waals surface area contributed by atoms with Gasteiger partial charge in [-0.15, -0.1) is 0 Å². The highest BCUT2D eigenvalue weighted by atomic mass is 19.4.